The quantitative estimate of drug-likeness (QED) is 0.788. The van der Waals surface area contributed by atoms with E-state index in [9.17, 15) is 9.47 Å². The third kappa shape index (κ3) is 3.06. The molecule has 4 nitrogen and oxygen atoms in total. The molecule has 0 aromatic heterocycles. The molecule has 2 aliphatic rings. The van der Waals surface area contributed by atoms with Crippen molar-refractivity contribution in [1.82, 2.24) is 0 Å². The zero-order valence-corrected chi connectivity index (χ0v) is 12.7. The molecule has 1 aliphatic carbocycles. The van der Waals surface area contributed by atoms with E-state index >= 15 is 0 Å². The first kappa shape index (κ1) is 14.4. The Hall–Kier alpha value is -1.54. The summed E-state index contributed by atoms with van der Waals surface area (Å²) < 4.78 is 23.9. The summed E-state index contributed by atoms with van der Waals surface area (Å²) in [6.07, 6.45) is 4.97. The van der Waals surface area contributed by atoms with Crippen molar-refractivity contribution < 1.29 is 13.7 Å². The molecular formula is C16H19NO3S. The first-order chi connectivity index (χ1) is 10.3. The van der Waals surface area contributed by atoms with Gasteiger partial charge in [-0.25, -0.2) is 0 Å². The number of nitriles is 1. The molecule has 0 N–H and O–H groups in total. The molecule has 1 saturated carbocycles. The van der Waals surface area contributed by atoms with Crippen molar-refractivity contribution in [3.05, 3.63) is 18.2 Å². The lowest BCUT2D eigenvalue weighted by Crippen LogP contribution is -2.24. The van der Waals surface area contributed by atoms with Gasteiger partial charge in [0.2, 0.25) is 0 Å². The summed E-state index contributed by atoms with van der Waals surface area (Å²) in [4.78, 5) is 0.742. The predicted octanol–water partition coefficient (Wildman–Crippen LogP) is 3.04. The first-order valence-corrected chi connectivity index (χ1v) is 8.71. The van der Waals surface area contributed by atoms with Crippen LogP contribution in [-0.4, -0.2) is 22.7 Å². The maximum Gasteiger partial charge on any atom is 0.162 e. The molecule has 1 aromatic carbocycles. The summed E-state index contributed by atoms with van der Waals surface area (Å²) in [5.41, 5.74) is 0. The van der Waals surface area contributed by atoms with Gasteiger partial charge >= 0.3 is 0 Å². The zero-order valence-electron chi connectivity index (χ0n) is 11.9. The highest BCUT2D eigenvalue weighted by Gasteiger charge is 2.30. The SMILES string of the molecule is N#CC1CCCCCC1S(=O)c1ccc2c(c1)OCCO2. The Kier molecular flexibility index (Phi) is 4.45. The van der Waals surface area contributed by atoms with Gasteiger partial charge in [0.05, 0.1) is 28.0 Å². The van der Waals surface area contributed by atoms with Gasteiger partial charge in [-0.2, -0.15) is 5.26 Å². The fourth-order valence-corrected chi connectivity index (χ4v) is 4.65. The third-order valence-electron chi connectivity index (χ3n) is 4.14. The van der Waals surface area contributed by atoms with Gasteiger partial charge in [-0.1, -0.05) is 19.3 Å². The van der Waals surface area contributed by atoms with Crippen LogP contribution in [0.15, 0.2) is 23.1 Å². The number of nitrogens with zero attached hydrogens (tertiary/aromatic N) is 1. The van der Waals surface area contributed by atoms with Crippen LogP contribution < -0.4 is 9.47 Å². The molecule has 1 aliphatic heterocycles. The lowest BCUT2D eigenvalue weighted by molar-refractivity contribution is 0.171. The van der Waals surface area contributed by atoms with Gasteiger partial charge < -0.3 is 9.47 Å². The Morgan fingerprint density at radius 2 is 1.86 bits per heavy atom. The van der Waals surface area contributed by atoms with Gasteiger partial charge in [0.15, 0.2) is 11.5 Å². The van der Waals surface area contributed by atoms with Crippen LogP contribution in [0.3, 0.4) is 0 Å². The lowest BCUT2D eigenvalue weighted by Gasteiger charge is -2.21. The van der Waals surface area contributed by atoms with Gasteiger partial charge in [0.25, 0.3) is 0 Å². The molecule has 0 saturated heterocycles. The molecule has 3 unspecified atom stereocenters. The van der Waals surface area contributed by atoms with E-state index in [0.29, 0.717) is 24.7 Å². The van der Waals surface area contributed by atoms with Gasteiger partial charge in [-0.15, -0.1) is 0 Å². The van der Waals surface area contributed by atoms with Gasteiger partial charge in [0, 0.05) is 11.0 Å². The summed E-state index contributed by atoms with van der Waals surface area (Å²) >= 11 is 0. The van der Waals surface area contributed by atoms with Crippen LogP contribution in [0.25, 0.3) is 0 Å². The monoisotopic (exact) mass is 305 g/mol. The smallest absolute Gasteiger partial charge is 0.162 e. The van der Waals surface area contributed by atoms with E-state index in [2.05, 4.69) is 6.07 Å². The molecule has 1 aromatic rings. The number of rotatable bonds is 2. The Bertz CT molecular complexity index is 581. The van der Waals surface area contributed by atoms with E-state index in [-0.39, 0.29) is 11.2 Å². The molecule has 3 atom stereocenters. The van der Waals surface area contributed by atoms with Crippen LogP contribution in [0.4, 0.5) is 0 Å². The molecule has 1 heterocycles. The number of fused-ring (bicyclic) bond motifs is 1. The van der Waals surface area contributed by atoms with E-state index < -0.39 is 10.8 Å². The highest BCUT2D eigenvalue weighted by Crippen LogP contribution is 2.35. The van der Waals surface area contributed by atoms with Crippen LogP contribution in [0.1, 0.15) is 32.1 Å². The average molecular weight is 305 g/mol. The van der Waals surface area contributed by atoms with Crippen molar-refractivity contribution in [3.63, 3.8) is 0 Å². The largest absolute Gasteiger partial charge is 0.486 e. The number of hydrogen-bond donors (Lipinski definition) is 0. The van der Waals surface area contributed by atoms with E-state index in [1.54, 1.807) is 0 Å². The zero-order chi connectivity index (χ0) is 14.7. The molecule has 0 spiro atoms. The third-order valence-corrected chi connectivity index (χ3v) is 5.97. The predicted molar refractivity (Wildman–Crippen MR) is 79.8 cm³/mol. The Labute approximate surface area is 127 Å². The van der Waals surface area contributed by atoms with Crippen molar-refractivity contribution in [1.29, 1.82) is 5.26 Å². The molecular weight excluding hydrogens is 286 g/mol. The topological polar surface area (TPSA) is 59.3 Å². The van der Waals surface area contributed by atoms with Crippen LogP contribution in [0.5, 0.6) is 11.5 Å². The van der Waals surface area contributed by atoms with E-state index in [4.69, 9.17) is 9.47 Å². The van der Waals surface area contributed by atoms with Crippen LogP contribution >= 0.6 is 0 Å². The fourth-order valence-electron chi connectivity index (χ4n) is 3.00. The molecule has 112 valence electrons. The van der Waals surface area contributed by atoms with Crippen LogP contribution in [0.2, 0.25) is 0 Å². The highest BCUT2D eigenvalue weighted by molar-refractivity contribution is 7.85. The summed E-state index contributed by atoms with van der Waals surface area (Å²) in [7, 11) is -1.17. The Balaban J connectivity index is 1.85. The summed E-state index contributed by atoms with van der Waals surface area (Å²) in [5, 5.41) is 9.28. The minimum atomic E-state index is -1.17. The summed E-state index contributed by atoms with van der Waals surface area (Å²) in [6, 6.07) is 7.82. The van der Waals surface area contributed by atoms with Crippen molar-refractivity contribution in [2.45, 2.75) is 42.2 Å². The van der Waals surface area contributed by atoms with Gasteiger partial charge in [0.1, 0.15) is 13.2 Å². The second-order valence-corrected chi connectivity index (χ2v) is 7.19. The minimum Gasteiger partial charge on any atom is -0.486 e. The van der Waals surface area contributed by atoms with Crippen molar-refractivity contribution in [2.24, 2.45) is 5.92 Å². The maximum absolute atomic E-state index is 12.9. The maximum atomic E-state index is 12.9. The van der Waals surface area contributed by atoms with E-state index in [1.807, 2.05) is 18.2 Å². The molecule has 21 heavy (non-hydrogen) atoms. The van der Waals surface area contributed by atoms with Crippen LogP contribution in [-0.2, 0) is 10.8 Å². The van der Waals surface area contributed by atoms with Gasteiger partial charge in [-0.3, -0.25) is 4.21 Å². The van der Waals surface area contributed by atoms with E-state index in [1.165, 1.54) is 0 Å². The average Bonchev–Trinajstić information content (AvgIpc) is 2.79. The summed E-state index contributed by atoms with van der Waals surface area (Å²) in [5.74, 6) is 1.26. The second kappa shape index (κ2) is 6.48. The lowest BCUT2D eigenvalue weighted by atomic mass is 10.0. The molecule has 1 fully saturated rings. The fraction of sp³-hybridized carbons (Fsp3) is 0.562. The van der Waals surface area contributed by atoms with Gasteiger partial charge in [-0.05, 0) is 25.0 Å². The summed E-state index contributed by atoms with van der Waals surface area (Å²) in [6.45, 7) is 1.07. The molecule has 0 bridgehead atoms. The number of hydrogen-bond acceptors (Lipinski definition) is 4. The molecule has 0 amide bonds. The van der Waals surface area contributed by atoms with Crippen LogP contribution in [0, 0.1) is 17.2 Å². The minimum absolute atomic E-state index is 0.0694. The Morgan fingerprint density at radius 1 is 1.10 bits per heavy atom. The van der Waals surface area contributed by atoms with E-state index in [0.717, 1.165) is 37.0 Å². The molecule has 3 rings (SSSR count). The second-order valence-electron chi connectivity index (χ2n) is 5.51. The molecule has 0 radical (unpaired) electrons. The normalized spacial score (nSPS) is 26.4. The Morgan fingerprint density at radius 3 is 2.67 bits per heavy atom. The standard InChI is InChI=1S/C16H19NO3S/c17-11-12-4-2-1-3-5-16(12)21(18)13-6-7-14-15(10-13)20-9-8-19-14/h6-7,10,12,16H,1-5,8-9H2. The number of benzene rings is 1. The molecule has 5 heteroatoms. The van der Waals surface area contributed by atoms with Crippen molar-refractivity contribution in [3.8, 4) is 17.6 Å². The highest BCUT2D eigenvalue weighted by atomic mass is 32.2. The number of ether oxygens (including phenoxy) is 2. The van der Waals surface area contributed by atoms with Crippen molar-refractivity contribution >= 4 is 10.8 Å². The first-order valence-electron chi connectivity index (χ1n) is 7.49. The van der Waals surface area contributed by atoms with Crippen molar-refractivity contribution in [2.75, 3.05) is 13.2 Å².